The molecule has 5 nitrogen and oxygen atoms in total. The van der Waals surface area contributed by atoms with Crippen LogP contribution >= 0.6 is 0 Å². The second kappa shape index (κ2) is 5.44. The Morgan fingerprint density at radius 2 is 2.14 bits per heavy atom. The Balaban J connectivity index is 2.30. The first kappa shape index (κ1) is 15.4. The monoisotopic (exact) mass is 305 g/mol. The Kier molecular flexibility index (Phi) is 3.99. The van der Waals surface area contributed by atoms with Crippen LogP contribution in [0, 0.1) is 6.92 Å². The summed E-state index contributed by atoms with van der Waals surface area (Å²) in [6, 6.07) is 0.388. The summed E-state index contributed by atoms with van der Waals surface area (Å²) in [5, 5.41) is 11.5. The molecule has 2 rings (SSSR count). The molecule has 0 fully saturated rings. The van der Waals surface area contributed by atoms with Gasteiger partial charge in [0.1, 0.15) is 17.2 Å². The van der Waals surface area contributed by atoms with Crippen LogP contribution in [0.25, 0.3) is 0 Å². The van der Waals surface area contributed by atoms with Crippen LogP contribution in [0.4, 0.5) is 13.2 Å². The van der Waals surface area contributed by atoms with Crippen molar-refractivity contribution < 1.29 is 32.2 Å². The SMILES string of the molecule is CCOC1=C(NC(c2ccc(C)o2)C(F)(F)F)C(=O)C1O. The molecule has 1 aromatic heterocycles. The zero-order chi connectivity index (χ0) is 15.8. The minimum atomic E-state index is -4.67. The molecule has 0 saturated carbocycles. The van der Waals surface area contributed by atoms with Crippen LogP contribution in [0.5, 0.6) is 0 Å². The summed E-state index contributed by atoms with van der Waals surface area (Å²) in [6.07, 6.45) is -6.19. The van der Waals surface area contributed by atoms with Crippen molar-refractivity contribution in [2.75, 3.05) is 6.61 Å². The second-order valence-corrected chi connectivity index (χ2v) is 4.51. The molecule has 1 aromatic rings. The van der Waals surface area contributed by atoms with Gasteiger partial charge >= 0.3 is 6.18 Å². The Bertz CT molecular complexity index is 576. The molecule has 0 aliphatic heterocycles. The molecule has 2 N–H and O–H groups in total. The predicted molar refractivity (Wildman–Crippen MR) is 65.0 cm³/mol. The van der Waals surface area contributed by atoms with Crippen molar-refractivity contribution in [2.45, 2.75) is 32.2 Å². The van der Waals surface area contributed by atoms with Gasteiger partial charge in [0.2, 0.25) is 5.78 Å². The van der Waals surface area contributed by atoms with Gasteiger partial charge in [0, 0.05) is 0 Å². The number of carbonyl (C=O) groups excluding carboxylic acids is 1. The summed E-state index contributed by atoms with van der Waals surface area (Å²) in [4.78, 5) is 11.5. The third-order valence-corrected chi connectivity index (χ3v) is 2.95. The smallest absolute Gasteiger partial charge is 0.415 e. The van der Waals surface area contributed by atoms with Crippen molar-refractivity contribution in [3.63, 3.8) is 0 Å². The number of halogens is 3. The molecule has 0 radical (unpaired) electrons. The Morgan fingerprint density at radius 3 is 2.62 bits per heavy atom. The normalized spacial score (nSPS) is 20.3. The van der Waals surface area contributed by atoms with Gasteiger partial charge in [0.15, 0.2) is 17.9 Å². The zero-order valence-electron chi connectivity index (χ0n) is 11.3. The van der Waals surface area contributed by atoms with Crippen molar-refractivity contribution >= 4 is 5.78 Å². The molecule has 0 bridgehead atoms. The lowest BCUT2D eigenvalue weighted by Gasteiger charge is -2.31. The van der Waals surface area contributed by atoms with E-state index in [9.17, 15) is 23.1 Å². The molecule has 0 spiro atoms. The molecule has 1 heterocycles. The molecule has 2 unspecified atom stereocenters. The minimum Gasteiger partial charge on any atom is -0.493 e. The van der Waals surface area contributed by atoms with E-state index < -0.39 is 24.1 Å². The van der Waals surface area contributed by atoms with Gasteiger partial charge in [-0.2, -0.15) is 13.2 Å². The van der Waals surface area contributed by atoms with E-state index in [0.717, 1.165) is 0 Å². The maximum absolute atomic E-state index is 13.1. The van der Waals surface area contributed by atoms with Crippen LogP contribution in [-0.4, -0.2) is 29.8 Å². The molecule has 8 heteroatoms. The van der Waals surface area contributed by atoms with E-state index in [-0.39, 0.29) is 23.8 Å². The first-order valence-electron chi connectivity index (χ1n) is 6.24. The van der Waals surface area contributed by atoms with Crippen molar-refractivity contribution in [1.29, 1.82) is 0 Å². The summed E-state index contributed by atoms with van der Waals surface area (Å²) in [5.74, 6) is -1.06. The number of ketones is 1. The molecule has 1 aliphatic carbocycles. The lowest BCUT2D eigenvalue weighted by atomic mass is 9.96. The van der Waals surface area contributed by atoms with E-state index in [4.69, 9.17) is 9.15 Å². The highest BCUT2D eigenvalue weighted by Crippen LogP contribution is 2.36. The number of hydrogen-bond acceptors (Lipinski definition) is 5. The zero-order valence-corrected chi connectivity index (χ0v) is 11.3. The van der Waals surface area contributed by atoms with Gasteiger partial charge in [-0.15, -0.1) is 0 Å². The van der Waals surface area contributed by atoms with Gasteiger partial charge in [0.05, 0.1) is 6.61 Å². The number of rotatable bonds is 5. The number of Topliss-reactive ketones (excluding diaryl/α,β-unsaturated/α-hetero) is 1. The molecule has 1 aliphatic rings. The second-order valence-electron chi connectivity index (χ2n) is 4.51. The first-order valence-corrected chi connectivity index (χ1v) is 6.24. The Labute approximate surface area is 118 Å². The minimum absolute atomic E-state index is 0.126. The fraction of sp³-hybridized carbons (Fsp3) is 0.462. The van der Waals surface area contributed by atoms with Gasteiger partial charge in [-0.1, -0.05) is 0 Å². The molecule has 0 amide bonds. The van der Waals surface area contributed by atoms with E-state index in [1.165, 1.54) is 19.1 Å². The molecule has 2 atom stereocenters. The average molecular weight is 305 g/mol. The summed E-state index contributed by atoms with van der Waals surface area (Å²) in [5.41, 5.74) is -0.374. The number of aliphatic hydroxyl groups excluding tert-OH is 1. The van der Waals surface area contributed by atoms with Crippen LogP contribution in [0.1, 0.15) is 24.5 Å². The summed E-state index contributed by atoms with van der Waals surface area (Å²) < 4.78 is 49.3. The van der Waals surface area contributed by atoms with E-state index in [1.807, 2.05) is 0 Å². The van der Waals surface area contributed by atoms with Crippen molar-refractivity contribution in [3.05, 3.63) is 35.1 Å². The lowest BCUT2D eigenvalue weighted by molar-refractivity contribution is -0.161. The largest absolute Gasteiger partial charge is 0.493 e. The van der Waals surface area contributed by atoms with Crippen LogP contribution < -0.4 is 5.32 Å². The molecule has 116 valence electrons. The highest BCUT2D eigenvalue weighted by molar-refractivity contribution is 6.07. The van der Waals surface area contributed by atoms with Crippen LogP contribution in [0.15, 0.2) is 28.0 Å². The molecule has 0 aromatic carbocycles. The summed E-state index contributed by atoms with van der Waals surface area (Å²) >= 11 is 0. The van der Waals surface area contributed by atoms with Gasteiger partial charge in [-0.25, -0.2) is 0 Å². The van der Waals surface area contributed by atoms with Crippen LogP contribution in [0.2, 0.25) is 0 Å². The number of nitrogens with one attached hydrogen (secondary N) is 1. The van der Waals surface area contributed by atoms with Gasteiger partial charge in [-0.3, -0.25) is 4.79 Å². The number of alkyl halides is 3. The van der Waals surface area contributed by atoms with E-state index in [0.29, 0.717) is 5.76 Å². The lowest BCUT2D eigenvalue weighted by Crippen LogP contribution is -2.47. The van der Waals surface area contributed by atoms with E-state index in [1.54, 1.807) is 6.92 Å². The number of ether oxygens (including phenoxy) is 1. The topological polar surface area (TPSA) is 71.7 Å². The number of aliphatic hydroxyl groups is 1. The number of hydrogen-bond donors (Lipinski definition) is 2. The van der Waals surface area contributed by atoms with Crippen LogP contribution in [-0.2, 0) is 9.53 Å². The molecular weight excluding hydrogens is 291 g/mol. The standard InChI is InChI=1S/C13H14F3NO4/c1-3-20-11-8(9(18)10(11)19)17-12(13(14,15)16)7-5-4-6(2)21-7/h4-5,10,12,17,19H,3H2,1-2H3. The Morgan fingerprint density at radius 1 is 1.48 bits per heavy atom. The molecular formula is C13H14F3NO4. The predicted octanol–water partition coefficient (Wildman–Crippen LogP) is 1.97. The van der Waals surface area contributed by atoms with Crippen molar-refractivity contribution in [1.82, 2.24) is 5.32 Å². The summed E-state index contributed by atoms with van der Waals surface area (Å²) in [7, 11) is 0. The highest BCUT2D eigenvalue weighted by atomic mass is 19.4. The fourth-order valence-electron chi connectivity index (χ4n) is 1.95. The number of aryl methyl sites for hydroxylation is 1. The average Bonchev–Trinajstić information content (AvgIpc) is 2.82. The maximum atomic E-state index is 13.1. The molecule has 0 saturated heterocycles. The number of carbonyl (C=O) groups is 1. The fourth-order valence-corrected chi connectivity index (χ4v) is 1.95. The maximum Gasteiger partial charge on any atom is 0.415 e. The van der Waals surface area contributed by atoms with Crippen molar-refractivity contribution in [2.24, 2.45) is 0 Å². The quantitative estimate of drug-likeness (QED) is 0.870. The first-order chi connectivity index (χ1) is 9.75. The van der Waals surface area contributed by atoms with E-state index >= 15 is 0 Å². The van der Waals surface area contributed by atoms with Crippen molar-refractivity contribution in [3.8, 4) is 0 Å². The third-order valence-electron chi connectivity index (χ3n) is 2.95. The van der Waals surface area contributed by atoms with Crippen LogP contribution in [0.3, 0.4) is 0 Å². The van der Waals surface area contributed by atoms with Gasteiger partial charge < -0.3 is 19.6 Å². The van der Waals surface area contributed by atoms with Gasteiger partial charge in [0.25, 0.3) is 0 Å². The Hall–Kier alpha value is -1.96. The third kappa shape index (κ3) is 2.90. The van der Waals surface area contributed by atoms with Gasteiger partial charge in [-0.05, 0) is 26.0 Å². The van der Waals surface area contributed by atoms with E-state index in [2.05, 4.69) is 5.32 Å². The summed E-state index contributed by atoms with van der Waals surface area (Å²) in [6.45, 7) is 3.23. The molecule has 21 heavy (non-hydrogen) atoms. The number of furan rings is 1. The highest BCUT2D eigenvalue weighted by Gasteiger charge is 2.48.